The Balaban J connectivity index is 1.93. The summed E-state index contributed by atoms with van der Waals surface area (Å²) in [5.41, 5.74) is -0.101. The molecule has 0 aliphatic heterocycles. The first-order valence-corrected chi connectivity index (χ1v) is 8.43. The fourth-order valence-corrected chi connectivity index (χ4v) is 2.73. The van der Waals surface area contributed by atoms with Crippen LogP contribution in [0.4, 0.5) is 5.69 Å². The van der Waals surface area contributed by atoms with E-state index in [4.69, 9.17) is 4.74 Å². The lowest BCUT2D eigenvalue weighted by Gasteiger charge is -2.12. The van der Waals surface area contributed by atoms with Crippen LogP contribution >= 0.6 is 11.8 Å². The van der Waals surface area contributed by atoms with E-state index in [0.29, 0.717) is 10.8 Å². The van der Waals surface area contributed by atoms with Gasteiger partial charge in [0.15, 0.2) is 6.61 Å². The van der Waals surface area contributed by atoms with Gasteiger partial charge in [0.2, 0.25) is 0 Å². The molecule has 1 amide bonds. The van der Waals surface area contributed by atoms with E-state index in [2.05, 4.69) is 5.32 Å². The molecule has 1 aliphatic carbocycles. The number of benzene rings is 1. The molecule has 2 rings (SSSR count). The second-order valence-electron chi connectivity index (χ2n) is 5.41. The fourth-order valence-electron chi connectivity index (χ4n) is 2.18. The summed E-state index contributed by atoms with van der Waals surface area (Å²) < 4.78 is 4.92. The molecule has 7 nitrogen and oxygen atoms in total. The van der Waals surface area contributed by atoms with Crippen molar-refractivity contribution in [1.29, 1.82) is 0 Å². The van der Waals surface area contributed by atoms with E-state index in [1.54, 1.807) is 6.26 Å². The third kappa shape index (κ3) is 4.69. The van der Waals surface area contributed by atoms with Crippen LogP contribution in [-0.2, 0) is 9.53 Å². The van der Waals surface area contributed by atoms with Gasteiger partial charge >= 0.3 is 5.97 Å². The van der Waals surface area contributed by atoms with Crippen LogP contribution in [0.3, 0.4) is 0 Å². The molecule has 23 heavy (non-hydrogen) atoms. The molecule has 1 fully saturated rings. The van der Waals surface area contributed by atoms with Crippen molar-refractivity contribution in [2.75, 3.05) is 12.9 Å². The molecule has 0 saturated heterocycles. The summed E-state index contributed by atoms with van der Waals surface area (Å²) in [4.78, 5) is 34.5. The van der Waals surface area contributed by atoms with Gasteiger partial charge in [0.1, 0.15) is 0 Å². The van der Waals surface area contributed by atoms with E-state index in [1.165, 1.54) is 30.0 Å². The second-order valence-corrected chi connectivity index (χ2v) is 6.26. The molecule has 0 spiro atoms. The number of thioether (sulfide) groups is 1. The number of esters is 1. The minimum absolute atomic E-state index is 0.0533. The summed E-state index contributed by atoms with van der Waals surface area (Å²) in [5, 5.41) is 13.8. The van der Waals surface area contributed by atoms with Crippen molar-refractivity contribution in [3.63, 3.8) is 0 Å². The average Bonchev–Trinajstić information content (AvgIpc) is 3.36. The Morgan fingerprint density at radius 3 is 2.74 bits per heavy atom. The molecule has 1 atom stereocenters. The van der Waals surface area contributed by atoms with Crippen LogP contribution in [0.5, 0.6) is 0 Å². The molecule has 1 saturated carbocycles. The number of amides is 1. The first kappa shape index (κ1) is 17.3. The quantitative estimate of drug-likeness (QED) is 0.355. The van der Waals surface area contributed by atoms with E-state index < -0.39 is 17.5 Å². The Morgan fingerprint density at radius 1 is 1.48 bits per heavy atom. The van der Waals surface area contributed by atoms with Gasteiger partial charge in [0, 0.05) is 12.1 Å². The number of nitro groups is 1. The third-order valence-corrected chi connectivity index (χ3v) is 4.45. The highest BCUT2D eigenvalue weighted by atomic mass is 32.2. The SMILES string of the molecule is CSc1ccc(C(=O)OCC(=O)N[C@H](C)C2CC2)cc1[N+](=O)[O-]. The predicted octanol–water partition coefficient (Wildman–Crippen LogP) is 2.39. The van der Waals surface area contributed by atoms with Crippen molar-refractivity contribution in [2.24, 2.45) is 5.92 Å². The van der Waals surface area contributed by atoms with E-state index in [-0.39, 0.29) is 23.2 Å². The number of nitrogens with zero attached hydrogens (tertiary/aromatic N) is 1. The Bertz CT molecular complexity index is 630. The summed E-state index contributed by atoms with van der Waals surface area (Å²) in [7, 11) is 0. The maximum absolute atomic E-state index is 11.9. The fraction of sp³-hybridized carbons (Fsp3) is 0.467. The smallest absolute Gasteiger partial charge is 0.338 e. The zero-order valence-corrected chi connectivity index (χ0v) is 13.7. The molecule has 0 aromatic heterocycles. The Kier molecular flexibility index (Phi) is 5.59. The van der Waals surface area contributed by atoms with E-state index >= 15 is 0 Å². The minimum Gasteiger partial charge on any atom is -0.452 e. The van der Waals surface area contributed by atoms with Gasteiger partial charge in [-0.2, -0.15) is 0 Å². The predicted molar refractivity (Wildman–Crippen MR) is 85.5 cm³/mol. The number of hydrogen-bond acceptors (Lipinski definition) is 6. The van der Waals surface area contributed by atoms with Gasteiger partial charge in [-0.05, 0) is 44.1 Å². The highest BCUT2D eigenvalue weighted by Crippen LogP contribution is 2.32. The van der Waals surface area contributed by atoms with Crippen LogP contribution in [0, 0.1) is 16.0 Å². The number of hydrogen-bond donors (Lipinski definition) is 1. The van der Waals surface area contributed by atoms with Gasteiger partial charge in [-0.15, -0.1) is 11.8 Å². The van der Waals surface area contributed by atoms with E-state index in [9.17, 15) is 19.7 Å². The molecule has 0 radical (unpaired) electrons. The van der Waals surface area contributed by atoms with Crippen LogP contribution in [0.1, 0.15) is 30.1 Å². The molecule has 0 bridgehead atoms. The Labute approximate surface area is 137 Å². The third-order valence-electron chi connectivity index (χ3n) is 3.66. The average molecular weight is 338 g/mol. The van der Waals surface area contributed by atoms with E-state index in [0.717, 1.165) is 12.8 Å². The number of nitrogens with one attached hydrogen (secondary N) is 1. The largest absolute Gasteiger partial charge is 0.452 e. The second kappa shape index (κ2) is 7.45. The van der Waals surface area contributed by atoms with Crippen LogP contribution in [0.15, 0.2) is 23.1 Å². The van der Waals surface area contributed by atoms with Gasteiger partial charge in [-0.3, -0.25) is 14.9 Å². The topological polar surface area (TPSA) is 98.5 Å². The van der Waals surface area contributed by atoms with Crippen LogP contribution in [0.2, 0.25) is 0 Å². The maximum Gasteiger partial charge on any atom is 0.338 e. The van der Waals surface area contributed by atoms with Crippen molar-refractivity contribution >= 4 is 29.3 Å². The van der Waals surface area contributed by atoms with Gasteiger partial charge < -0.3 is 10.1 Å². The molecule has 0 heterocycles. The van der Waals surface area contributed by atoms with Crippen LogP contribution < -0.4 is 5.32 Å². The molecule has 1 aromatic carbocycles. The highest BCUT2D eigenvalue weighted by molar-refractivity contribution is 7.98. The molecular formula is C15H18N2O5S. The lowest BCUT2D eigenvalue weighted by molar-refractivity contribution is -0.387. The van der Waals surface area contributed by atoms with Gasteiger partial charge in [0.25, 0.3) is 11.6 Å². The first-order valence-electron chi connectivity index (χ1n) is 7.21. The van der Waals surface area contributed by atoms with Gasteiger partial charge in [0.05, 0.1) is 15.4 Å². The molecule has 8 heteroatoms. The normalized spacial score (nSPS) is 14.9. The first-order chi connectivity index (χ1) is 10.9. The van der Waals surface area contributed by atoms with Crippen molar-refractivity contribution in [3.05, 3.63) is 33.9 Å². The molecule has 1 aromatic rings. The molecule has 1 N–H and O–H groups in total. The zero-order chi connectivity index (χ0) is 17.0. The summed E-state index contributed by atoms with van der Waals surface area (Å²) in [6.45, 7) is 1.52. The van der Waals surface area contributed by atoms with Crippen molar-refractivity contribution in [1.82, 2.24) is 5.32 Å². The number of rotatable bonds is 7. The number of nitro benzene ring substituents is 1. The molecule has 0 unspecified atom stereocenters. The highest BCUT2D eigenvalue weighted by Gasteiger charge is 2.29. The standard InChI is InChI=1S/C15H18N2O5S/c1-9(10-3-4-10)16-14(18)8-22-15(19)11-5-6-13(23-2)12(7-11)17(20)21/h5-7,9-10H,3-4,8H2,1-2H3,(H,16,18)/t9-/m1/s1. The maximum atomic E-state index is 11.9. The van der Waals surface area contributed by atoms with E-state index in [1.807, 2.05) is 6.92 Å². The molecule has 124 valence electrons. The monoisotopic (exact) mass is 338 g/mol. The number of carbonyl (C=O) groups is 2. The Hall–Kier alpha value is -2.09. The summed E-state index contributed by atoms with van der Waals surface area (Å²) in [6, 6.07) is 4.18. The number of ether oxygens (including phenoxy) is 1. The minimum atomic E-state index is -0.755. The van der Waals surface area contributed by atoms with Crippen LogP contribution in [0.25, 0.3) is 0 Å². The number of carbonyl (C=O) groups excluding carboxylic acids is 2. The van der Waals surface area contributed by atoms with Crippen molar-refractivity contribution in [3.8, 4) is 0 Å². The van der Waals surface area contributed by atoms with Crippen LogP contribution in [-0.4, -0.2) is 35.7 Å². The van der Waals surface area contributed by atoms with Crippen molar-refractivity contribution < 1.29 is 19.2 Å². The zero-order valence-electron chi connectivity index (χ0n) is 12.9. The summed E-state index contributed by atoms with van der Waals surface area (Å²) in [5.74, 6) is -0.612. The lowest BCUT2D eigenvalue weighted by atomic mass is 10.2. The molecular weight excluding hydrogens is 320 g/mol. The summed E-state index contributed by atoms with van der Waals surface area (Å²) in [6.07, 6.45) is 3.92. The van der Waals surface area contributed by atoms with Gasteiger partial charge in [-0.1, -0.05) is 0 Å². The van der Waals surface area contributed by atoms with Gasteiger partial charge in [-0.25, -0.2) is 4.79 Å². The summed E-state index contributed by atoms with van der Waals surface area (Å²) >= 11 is 1.22. The van der Waals surface area contributed by atoms with Crippen molar-refractivity contribution in [2.45, 2.75) is 30.7 Å². The Morgan fingerprint density at radius 2 is 2.17 bits per heavy atom. The lowest BCUT2D eigenvalue weighted by Crippen LogP contribution is -2.37. The molecule has 1 aliphatic rings.